The van der Waals surface area contributed by atoms with Gasteiger partial charge in [-0.15, -0.1) is 0 Å². The molecule has 2 rings (SSSR count). The molecule has 0 radical (unpaired) electrons. The van der Waals surface area contributed by atoms with Gasteiger partial charge in [0.2, 0.25) is 0 Å². The molecule has 1 N–H and O–H groups in total. The quantitative estimate of drug-likeness (QED) is 0.680. The van der Waals surface area contributed by atoms with Gasteiger partial charge >= 0.3 is 5.97 Å². The molecule has 2 nitrogen and oxygen atoms in total. The fourth-order valence-electron chi connectivity index (χ4n) is 1.53. The topological polar surface area (TPSA) is 37.3 Å². The van der Waals surface area contributed by atoms with Crippen LogP contribution in [0.2, 0.25) is 0 Å². The Morgan fingerprint density at radius 3 is 2.37 bits per heavy atom. The van der Waals surface area contributed by atoms with Crippen molar-refractivity contribution in [3.63, 3.8) is 0 Å². The van der Waals surface area contributed by atoms with Crippen molar-refractivity contribution in [3.05, 3.63) is 56.1 Å². The predicted molar refractivity (Wildman–Crippen MR) is 88.8 cm³/mol. The number of carbonyl (C=O) groups is 1. The summed E-state index contributed by atoms with van der Waals surface area (Å²) >= 11 is 7.45. The lowest BCUT2D eigenvalue weighted by Gasteiger charge is -2.04. The molecule has 0 unspecified atom stereocenters. The maximum absolute atomic E-state index is 10.6. The Morgan fingerprint density at radius 1 is 1.16 bits per heavy atom. The highest BCUT2D eigenvalue weighted by Gasteiger charge is 2.03. The lowest BCUT2D eigenvalue weighted by Crippen LogP contribution is -1.99. The Bertz CT molecular complexity index is 599. The van der Waals surface area contributed by atoms with Crippen LogP contribution in [0.25, 0.3) is 0 Å². The Kier molecular flexibility index (Phi) is 5.29. The summed E-state index contributed by atoms with van der Waals surface area (Å²) < 4.78 is 2.26. The molecule has 0 aliphatic carbocycles. The standard InChI is InChI=1S/C14H10BrIO2S/c15-12-8-11(5-6-13(12)16)19-10-3-1-9(2-4-10)7-14(17)18/h1-6,8H,7H2,(H,17,18). The zero-order valence-corrected chi connectivity index (χ0v) is 14.3. The maximum Gasteiger partial charge on any atom is 0.307 e. The van der Waals surface area contributed by atoms with Gasteiger partial charge in [-0.3, -0.25) is 4.79 Å². The number of carboxylic acid groups (broad SMARTS) is 1. The van der Waals surface area contributed by atoms with E-state index in [9.17, 15) is 4.79 Å². The molecule has 2 aromatic carbocycles. The maximum atomic E-state index is 10.6. The number of hydrogen-bond donors (Lipinski definition) is 1. The summed E-state index contributed by atoms with van der Waals surface area (Å²) in [5.41, 5.74) is 0.820. The highest BCUT2D eigenvalue weighted by molar-refractivity contribution is 14.1. The van der Waals surface area contributed by atoms with Crippen molar-refractivity contribution in [1.82, 2.24) is 0 Å². The lowest BCUT2D eigenvalue weighted by molar-refractivity contribution is -0.136. The lowest BCUT2D eigenvalue weighted by atomic mass is 10.2. The van der Waals surface area contributed by atoms with Crippen molar-refractivity contribution in [3.8, 4) is 0 Å². The second-order valence-electron chi connectivity index (χ2n) is 3.89. The molecule has 0 amide bonds. The fraction of sp³-hybridized carbons (Fsp3) is 0.0714. The van der Waals surface area contributed by atoms with Crippen LogP contribution in [0.5, 0.6) is 0 Å². The van der Waals surface area contributed by atoms with Crippen LogP contribution in [-0.4, -0.2) is 11.1 Å². The van der Waals surface area contributed by atoms with E-state index in [1.54, 1.807) is 11.8 Å². The normalized spacial score (nSPS) is 10.4. The van der Waals surface area contributed by atoms with Crippen LogP contribution in [0.3, 0.4) is 0 Å². The van der Waals surface area contributed by atoms with Crippen molar-refractivity contribution >= 4 is 56.3 Å². The summed E-state index contributed by atoms with van der Waals surface area (Å²) in [6.07, 6.45) is 0.0695. The van der Waals surface area contributed by atoms with Crippen LogP contribution in [0.4, 0.5) is 0 Å². The smallest absolute Gasteiger partial charge is 0.307 e. The van der Waals surface area contributed by atoms with Crippen LogP contribution < -0.4 is 0 Å². The first-order valence-corrected chi connectivity index (χ1v) is 8.17. The van der Waals surface area contributed by atoms with E-state index in [2.05, 4.69) is 56.7 Å². The van der Waals surface area contributed by atoms with Gasteiger partial charge in [0.05, 0.1) is 6.42 Å². The van der Waals surface area contributed by atoms with Gasteiger partial charge < -0.3 is 5.11 Å². The van der Waals surface area contributed by atoms with E-state index in [1.165, 1.54) is 3.57 Å². The SMILES string of the molecule is O=C(O)Cc1ccc(Sc2ccc(I)c(Br)c2)cc1. The number of hydrogen-bond acceptors (Lipinski definition) is 2. The number of aliphatic carboxylic acids is 1. The summed E-state index contributed by atoms with van der Waals surface area (Å²) in [7, 11) is 0. The largest absolute Gasteiger partial charge is 0.481 e. The molecule has 0 spiro atoms. The van der Waals surface area contributed by atoms with Gasteiger partial charge in [-0.05, 0) is 74.4 Å². The number of rotatable bonds is 4. The van der Waals surface area contributed by atoms with E-state index < -0.39 is 5.97 Å². The molecule has 0 atom stereocenters. The zero-order valence-electron chi connectivity index (χ0n) is 9.77. The summed E-state index contributed by atoms with van der Waals surface area (Å²) in [4.78, 5) is 12.9. The summed E-state index contributed by atoms with van der Waals surface area (Å²) in [6, 6.07) is 13.8. The van der Waals surface area contributed by atoms with Gasteiger partial charge in [-0.1, -0.05) is 23.9 Å². The Hall–Kier alpha value is -0.530. The monoisotopic (exact) mass is 448 g/mol. The minimum atomic E-state index is -0.804. The van der Waals surface area contributed by atoms with Gasteiger partial charge in [-0.25, -0.2) is 0 Å². The summed E-state index contributed by atoms with van der Waals surface area (Å²) in [5.74, 6) is -0.804. The first-order chi connectivity index (χ1) is 9.04. The highest BCUT2D eigenvalue weighted by Crippen LogP contribution is 2.31. The van der Waals surface area contributed by atoms with Crippen molar-refractivity contribution in [2.45, 2.75) is 16.2 Å². The number of halogens is 2. The molecule has 0 fully saturated rings. The molecule has 98 valence electrons. The zero-order chi connectivity index (χ0) is 13.8. The van der Waals surface area contributed by atoms with E-state index in [0.717, 1.165) is 19.8 Å². The van der Waals surface area contributed by atoms with Crippen LogP contribution >= 0.6 is 50.3 Å². The van der Waals surface area contributed by atoms with Crippen LogP contribution in [0.1, 0.15) is 5.56 Å². The van der Waals surface area contributed by atoms with Crippen LogP contribution in [0.15, 0.2) is 56.7 Å². The molecular formula is C14H10BrIO2S. The van der Waals surface area contributed by atoms with Gasteiger partial charge in [0.1, 0.15) is 0 Å². The van der Waals surface area contributed by atoms with Crippen molar-refractivity contribution in [2.75, 3.05) is 0 Å². The van der Waals surface area contributed by atoms with Crippen LogP contribution in [0, 0.1) is 3.57 Å². The van der Waals surface area contributed by atoms with Crippen molar-refractivity contribution in [2.24, 2.45) is 0 Å². The number of carboxylic acids is 1. The fourth-order valence-corrected chi connectivity index (χ4v) is 3.25. The van der Waals surface area contributed by atoms with Crippen LogP contribution in [-0.2, 0) is 11.2 Å². The minimum absolute atomic E-state index is 0.0695. The predicted octanol–water partition coefficient (Wildman–Crippen LogP) is 4.83. The average molecular weight is 449 g/mol. The van der Waals surface area contributed by atoms with Gasteiger partial charge in [0.25, 0.3) is 0 Å². The molecule has 2 aromatic rings. The molecule has 19 heavy (non-hydrogen) atoms. The molecule has 0 aliphatic rings. The molecule has 5 heteroatoms. The molecule has 0 saturated carbocycles. The van der Waals surface area contributed by atoms with Crippen molar-refractivity contribution in [1.29, 1.82) is 0 Å². The second kappa shape index (κ2) is 6.76. The summed E-state index contributed by atoms with van der Waals surface area (Å²) in [6.45, 7) is 0. The van der Waals surface area contributed by atoms with E-state index in [1.807, 2.05) is 24.3 Å². The minimum Gasteiger partial charge on any atom is -0.481 e. The first kappa shape index (κ1) is 14.9. The molecular weight excluding hydrogens is 439 g/mol. The van der Waals surface area contributed by atoms with E-state index in [0.29, 0.717) is 0 Å². The van der Waals surface area contributed by atoms with Crippen molar-refractivity contribution < 1.29 is 9.90 Å². The van der Waals surface area contributed by atoms with Gasteiger partial charge in [0, 0.05) is 17.8 Å². The number of benzene rings is 2. The Morgan fingerprint density at radius 2 is 1.79 bits per heavy atom. The highest BCUT2D eigenvalue weighted by atomic mass is 127. The molecule has 0 bridgehead atoms. The van der Waals surface area contributed by atoms with E-state index >= 15 is 0 Å². The third kappa shape index (κ3) is 4.50. The Labute approximate surface area is 137 Å². The molecule has 0 saturated heterocycles. The average Bonchev–Trinajstić information content (AvgIpc) is 2.36. The van der Waals surface area contributed by atoms with Gasteiger partial charge in [-0.2, -0.15) is 0 Å². The second-order valence-corrected chi connectivity index (χ2v) is 7.06. The molecule has 0 aromatic heterocycles. The molecule has 0 heterocycles. The third-order valence-electron chi connectivity index (χ3n) is 2.41. The first-order valence-electron chi connectivity index (χ1n) is 5.48. The third-order valence-corrected chi connectivity index (χ3v) is 5.74. The Balaban J connectivity index is 2.10. The van der Waals surface area contributed by atoms with Gasteiger partial charge in [0.15, 0.2) is 0 Å². The van der Waals surface area contributed by atoms with E-state index in [-0.39, 0.29) is 6.42 Å². The van der Waals surface area contributed by atoms with E-state index in [4.69, 9.17) is 5.11 Å². The molecule has 0 aliphatic heterocycles. The summed E-state index contributed by atoms with van der Waals surface area (Å²) in [5, 5.41) is 8.72.